The van der Waals surface area contributed by atoms with E-state index in [4.69, 9.17) is 27.4 Å². The topological polar surface area (TPSA) is 336 Å². The van der Waals surface area contributed by atoms with E-state index < -0.39 is 81.1 Å². The molecule has 0 aliphatic carbocycles. The second kappa shape index (κ2) is 34.4. The van der Waals surface area contributed by atoms with Crippen LogP contribution in [0.25, 0.3) is 22.6 Å². The lowest BCUT2D eigenvalue weighted by molar-refractivity contribution is -0.169. The number of hydroxylamine groups is 4. The van der Waals surface area contributed by atoms with E-state index in [1.807, 2.05) is 13.8 Å². The molecule has 0 aliphatic heterocycles. The summed E-state index contributed by atoms with van der Waals surface area (Å²) < 4.78 is 46.0. The van der Waals surface area contributed by atoms with E-state index in [1.165, 1.54) is 36.4 Å². The molecule has 26 heteroatoms. The van der Waals surface area contributed by atoms with Gasteiger partial charge in [-0.1, -0.05) is 78.4 Å². The van der Waals surface area contributed by atoms with Crippen LogP contribution in [0.1, 0.15) is 148 Å². The van der Waals surface area contributed by atoms with Gasteiger partial charge in [-0.05, 0) is 88.1 Å². The number of carbonyl (C=O) groups is 8. The molecule has 0 aliphatic rings. The summed E-state index contributed by atoms with van der Waals surface area (Å²) >= 11 is 0. The molecule has 4 atom stereocenters. The first-order chi connectivity index (χ1) is 38.6. The van der Waals surface area contributed by atoms with Crippen molar-refractivity contribution in [3.63, 3.8) is 0 Å². The molecule has 0 saturated carbocycles. The zero-order valence-corrected chi connectivity index (χ0v) is 47.0. The molecule has 0 radical (unpaired) electrons. The molecule has 2 aromatic carbocycles. The Morgan fingerprint density at radius 2 is 0.950 bits per heavy atom. The Balaban J connectivity index is 1.25. The summed E-state index contributed by atoms with van der Waals surface area (Å²) in [6.45, 7) is 9.77. The number of rotatable bonds is 38. The van der Waals surface area contributed by atoms with Crippen molar-refractivity contribution in [2.24, 2.45) is 11.8 Å². The lowest BCUT2D eigenvalue weighted by Crippen LogP contribution is -2.47. The van der Waals surface area contributed by atoms with Gasteiger partial charge in [0.1, 0.15) is 36.5 Å². The molecular formula is C54H75N8O17P. The Hall–Kier alpha value is -7.57. The fourth-order valence-corrected chi connectivity index (χ4v) is 9.08. The minimum absolute atomic E-state index is 0.0701. The van der Waals surface area contributed by atoms with Crippen LogP contribution in [-0.4, -0.2) is 121 Å². The summed E-state index contributed by atoms with van der Waals surface area (Å²) in [6, 6.07) is 13.6. The molecular weight excluding hydrogens is 1060 g/mol. The predicted octanol–water partition coefficient (Wildman–Crippen LogP) is 6.75. The third kappa shape index (κ3) is 19.4. The smallest absolute Gasteiger partial charge is 0.322 e. The molecule has 25 nitrogen and oxygen atoms in total. The average molecular weight is 1140 g/mol. The molecule has 80 heavy (non-hydrogen) atoms. The third-order valence-electron chi connectivity index (χ3n) is 12.7. The van der Waals surface area contributed by atoms with Crippen molar-refractivity contribution in [1.82, 2.24) is 42.0 Å². The Morgan fingerprint density at radius 3 is 1.30 bits per heavy atom. The van der Waals surface area contributed by atoms with Gasteiger partial charge < -0.3 is 50.2 Å². The first-order valence-corrected chi connectivity index (χ1v) is 27.9. The molecule has 438 valence electrons. The average Bonchev–Trinajstić information content (AvgIpc) is 4.17. The van der Waals surface area contributed by atoms with Crippen LogP contribution >= 0.6 is 8.25 Å². The lowest BCUT2D eigenvalue weighted by Gasteiger charge is -2.29. The predicted molar refractivity (Wildman–Crippen MR) is 290 cm³/mol. The number of carbonyl (C=O) groups excluding carboxylic acids is 8. The highest BCUT2D eigenvalue weighted by Crippen LogP contribution is 2.32. The molecule has 8 amide bonds. The van der Waals surface area contributed by atoms with Gasteiger partial charge in [-0.25, -0.2) is 10.1 Å². The summed E-state index contributed by atoms with van der Waals surface area (Å²) in [6.07, 6.45) is 7.09. The fourth-order valence-electron chi connectivity index (χ4n) is 8.61. The fraction of sp³-hybridized carbons (Fsp3) is 0.481. The molecule has 4 aromatic rings. The summed E-state index contributed by atoms with van der Waals surface area (Å²) in [4.78, 5) is 101. The van der Waals surface area contributed by atoms with Crippen LogP contribution in [0.4, 0.5) is 0 Å². The van der Waals surface area contributed by atoms with Gasteiger partial charge in [0.05, 0.1) is 61.6 Å². The number of nitrogens with one attached hydrogen (secondary N) is 6. The molecule has 4 rings (SSSR count). The molecule has 0 spiro atoms. The van der Waals surface area contributed by atoms with Crippen molar-refractivity contribution in [2.45, 2.75) is 118 Å². The van der Waals surface area contributed by atoms with Crippen molar-refractivity contribution in [1.29, 1.82) is 0 Å². The van der Waals surface area contributed by atoms with Crippen LogP contribution in [0.5, 0.6) is 11.5 Å². The van der Waals surface area contributed by atoms with Crippen molar-refractivity contribution < 1.29 is 80.7 Å². The van der Waals surface area contributed by atoms with Crippen LogP contribution in [0, 0.1) is 11.8 Å². The normalized spacial score (nSPS) is 12.5. The van der Waals surface area contributed by atoms with Gasteiger partial charge in [0, 0.05) is 11.1 Å². The van der Waals surface area contributed by atoms with Gasteiger partial charge in [-0.3, -0.25) is 62.4 Å². The number of furan rings is 2. The van der Waals surface area contributed by atoms with Gasteiger partial charge in [-0.2, -0.15) is 0 Å². The maximum Gasteiger partial charge on any atom is 0.322 e. The molecule has 0 bridgehead atoms. The summed E-state index contributed by atoms with van der Waals surface area (Å²) in [7, 11) is -3.25. The van der Waals surface area contributed by atoms with Gasteiger partial charge >= 0.3 is 8.25 Å². The quantitative estimate of drug-likeness (QED) is 0.00574. The second-order valence-corrected chi connectivity index (χ2v) is 19.1. The standard InChI is InChI=1S/C54H75N8O17P/c1-7-13-15-17-37(41(9-3)61(71)33-63)49(65)55-29-57-53(69)45-25-23-43(78-45)35-19-21-39(47(27-35)74-11-5)51(67)59-31-76-80(73)77-32-60-52(68)40-22-20-36(28-48(40)75-12-6)44-24-26-46(79-44)54(70)58-30-56-50(66)38(18-16-14-8-2)42(10-4)62(72)34-64/h19-28,33-34,37-38,41-42,71-72,80H,7-18,29-32H2,1-6H3,(H,55,65)(H,56,66)(H,57,69)(H,58,70)(H,59,67)(H,60,68)/t37-,38-,41-,42-/m1/s1. The van der Waals surface area contributed by atoms with Crippen molar-refractivity contribution >= 4 is 56.5 Å². The number of hydrogen-bond donors (Lipinski definition) is 8. The highest BCUT2D eigenvalue weighted by Gasteiger charge is 2.32. The number of nitrogens with zero attached hydrogens (tertiary/aromatic N) is 2. The Labute approximate surface area is 465 Å². The molecule has 2 aromatic heterocycles. The van der Waals surface area contributed by atoms with Crippen LogP contribution in [-0.2, 0) is 32.8 Å². The van der Waals surface area contributed by atoms with E-state index in [1.54, 1.807) is 52.0 Å². The summed E-state index contributed by atoms with van der Waals surface area (Å²) in [5, 5.41) is 36.6. The summed E-state index contributed by atoms with van der Waals surface area (Å²) in [5.41, 5.74) is 1.11. The second-order valence-electron chi connectivity index (χ2n) is 18.0. The maximum absolute atomic E-state index is 13.2. The highest BCUT2D eigenvalue weighted by molar-refractivity contribution is 7.33. The molecule has 8 N–H and O–H groups in total. The summed E-state index contributed by atoms with van der Waals surface area (Å²) in [5.74, 6) is -4.11. The van der Waals surface area contributed by atoms with E-state index in [0.717, 1.165) is 25.7 Å². The SMILES string of the molecule is CCCCC[C@@H](C(=O)NCNC(=O)c1ccc(-c2ccc(C(=O)NCO[PH](=O)OCNC(=O)c3ccc(-c4ccc(C(=O)NCNC(=O)[C@H](CCCCC)[C@@H](CC)N(O)C=O)o4)cc3OCC)c(OCC)c2)o1)[C@@H](CC)N(O)C=O. The van der Waals surface area contributed by atoms with Gasteiger partial charge in [0.2, 0.25) is 24.6 Å². The Kier molecular flexibility index (Phi) is 28.0. The van der Waals surface area contributed by atoms with Crippen molar-refractivity contribution in [3.8, 4) is 34.1 Å². The molecule has 0 fully saturated rings. The van der Waals surface area contributed by atoms with Crippen LogP contribution < -0.4 is 41.4 Å². The van der Waals surface area contributed by atoms with Gasteiger partial charge in [0.25, 0.3) is 23.6 Å². The zero-order chi connectivity index (χ0) is 58.6. The Morgan fingerprint density at radius 1 is 0.550 bits per heavy atom. The van der Waals surface area contributed by atoms with Crippen LogP contribution in [0.2, 0.25) is 0 Å². The van der Waals surface area contributed by atoms with Crippen molar-refractivity contribution in [3.05, 3.63) is 83.3 Å². The van der Waals surface area contributed by atoms with E-state index in [0.29, 0.717) is 59.8 Å². The minimum atomic E-state index is -3.25. The van der Waals surface area contributed by atoms with E-state index >= 15 is 0 Å². The number of unbranched alkanes of at least 4 members (excludes halogenated alkanes) is 4. The zero-order valence-electron chi connectivity index (χ0n) is 46.0. The van der Waals surface area contributed by atoms with Crippen molar-refractivity contribution in [2.75, 3.05) is 40.0 Å². The van der Waals surface area contributed by atoms with Crippen LogP contribution in [0.15, 0.2) is 69.5 Å². The van der Waals surface area contributed by atoms with Gasteiger partial charge in [0.15, 0.2) is 11.5 Å². The van der Waals surface area contributed by atoms with E-state index in [-0.39, 0.29) is 85.0 Å². The largest absolute Gasteiger partial charge is 0.493 e. The first kappa shape index (κ1) is 65.0. The van der Waals surface area contributed by atoms with Crippen LogP contribution in [0.3, 0.4) is 0 Å². The Bertz CT molecular complexity index is 2520. The monoisotopic (exact) mass is 1140 g/mol. The number of amides is 8. The molecule has 2 heterocycles. The maximum atomic E-state index is 13.2. The number of benzene rings is 2. The molecule has 0 unspecified atom stereocenters. The van der Waals surface area contributed by atoms with Gasteiger partial charge in [-0.15, -0.1) is 0 Å². The number of hydrogen-bond acceptors (Lipinski definition) is 17. The third-order valence-corrected chi connectivity index (χ3v) is 13.5. The number of ether oxygens (including phenoxy) is 2. The molecule has 0 saturated heterocycles. The van der Waals surface area contributed by atoms with E-state index in [2.05, 4.69) is 31.9 Å². The van der Waals surface area contributed by atoms with E-state index in [9.17, 15) is 53.3 Å². The highest BCUT2D eigenvalue weighted by atomic mass is 31.1. The lowest BCUT2D eigenvalue weighted by atomic mass is 9.90. The minimum Gasteiger partial charge on any atom is -0.493 e. The first-order valence-electron chi connectivity index (χ1n) is 26.7.